The predicted octanol–water partition coefficient (Wildman–Crippen LogP) is 3.47. The molecule has 4 unspecified atom stereocenters. The molecule has 0 heterocycles. The van der Waals surface area contributed by atoms with E-state index in [0.29, 0.717) is 0 Å². The van der Waals surface area contributed by atoms with E-state index in [9.17, 15) is 0 Å². The van der Waals surface area contributed by atoms with Gasteiger partial charge >= 0.3 is 0 Å². The van der Waals surface area contributed by atoms with Crippen molar-refractivity contribution in [3.63, 3.8) is 0 Å². The topological polar surface area (TPSA) is 0 Å². The zero-order valence-corrected chi connectivity index (χ0v) is 7.84. The lowest BCUT2D eigenvalue weighted by Gasteiger charge is -2.17. The van der Waals surface area contributed by atoms with Crippen LogP contribution in [0.1, 0.15) is 46.0 Å². The Bertz CT molecular complexity index is 139. The minimum absolute atomic E-state index is 1.05. The Morgan fingerprint density at radius 3 is 2.73 bits per heavy atom. The summed E-state index contributed by atoms with van der Waals surface area (Å²) in [5.41, 5.74) is 0. The van der Waals surface area contributed by atoms with Gasteiger partial charge in [0, 0.05) is 0 Å². The lowest BCUT2D eigenvalue weighted by molar-refractivity contribution is 0.323. The first-order valence-electron chi connectivity index (χ1n) is 5.33. The van der Waals surface area contributed by atoms with Gasteiger partial charge in [0.05, 0.1) is 0 Å². The van der Waals surface area contributed by atoms with Gasteiger partial charge in [-0.05, 0) is 36.5 Å². The maximum Gasteiger partial charge on any atom is -0.0357 e. The molecule has 0 aromatic carbocycles. The monoisotopic (exact) mass is 152 g/mol. The van der Waals surface area contributed by atoms with Crippen LogP contribution in [0.25, 0.3) is 0 Å². The van der Waals surface area contributed by atoms with Crippen LogP contribution in [0.2, 0.25) is 0 Å². The molecule has 0 saturated heterocycles. The van der Waals surface area contributed by atoms with Crippen LogP contribution in [0.5, 0.6) is 0 Å². The van der Waals surface area contributed by atoms with Crippen LogP contribution >= 0.6 is 0 Å². The standard InChI is InChI=1S/C11H20/c1-3-9-7-10-5-4-6-11(10)8(9)2/h8-11H,3-7H2,1-2H3. The fraction of sp³-hybridized carbons (Fsp3) is 1.00. The molecule has 0 nitrogen and oxygen atoms in total. The molecule has 4 atom stereocenters. The molecule has 2 aliphatic rings. The third-order valence-corrected chi connectivity index (χ3v) is 4.27. The Morgan fingerprint density at radius 1 is 1.27 bits per heavy atom. The van der Waals surface area contributed by atoms with Crippen LogP contribution in [0.15, 0.2) is 0 Å². The van der Waals surface area contributed by atoms with Gasteiger partial charge in [-0.3, -0.25) is 0 Å². The van der Waals surface area contributed by atoms with Crippen molar-refractivity contribution in [3.8, 4) is 0 Å². The lowest BCUT2D eigenvalue weighted by atomic mass is 9.88. The maximum absolute atomic E-state index is 2.49. The number of fused-ring (bicyclic) bond motifs is 1. The molecule has 0 bridgehead atoms. The van der Waals surface area contributed by atoms with E-state index >= 15 is 0 Å². The van der Waals surface area contributed by atoms with Crippen molar-refractivity contribution in [2.75, 3.05) is 0 Å². The minimum Gasteiger partial charge on any atom is -0.0651 e. The van der Waals surface area contributed by atoms with Crippen LogP contribution < -0.4 is 0 Å². The summed E-state index contributed by atoms with van der Waals surface area (Å²) in [6.07, 6.45) is 7.60. The minimum atomic E-state index is 1.05. The van der Waals surface area contributed by atoms with Crippen LogP contribution in [0.4, 0.5) is 0 Å². The normalized spacial score (nSPS) is 49.6. The largest absolute Gasteiger partial charge is 0.0651 e. The van der Waals surface area contributed by atoms with E-state index in [4.69, 9.17) is 0 Å². The summed E-state index contributed by atoms with van der Waals surface area (Å²) in [6.45, 7) is 4.85. The molecule has 0 radical (unpaired) electrons. The highest BCUT2D eigenvalue weighted by Crippen LogP contribution is 2.51. The fourth-order valence-electron chi connectivity index (χ4n) is 3.54. The summed E-state index contributed by atoms with van der Waals surface area (Å²) in [5.74, 6) is 4.38. The first-order chi connectivity index (χ1) is 5.33. The Kier molecular flexibility index (Phi) is 1.95. The molecule has 0 aromatic rings. The van der Waals surface area contributed by atoms with E-state index in [-0.39, 0.29) is 0 Å². The van der Waals surface area contributed by atoms with Crippen LogP contribution in [-0.4, -0.2) is 0 Å². The smallest absolute Gasteiger partial charge is 0.0357 e. The second-order valence-corrected chi connectivity index (χ2v) is 4.62. The van der Waals surface area contributed by atoms with Crippen molar-refractivity contribution in [1.82, 2.24) is 0 Å². The highest BCUT2D eigenvalue weighted by molar-refractivity contribution is 4.91. The molecule has 0 heteroatoms. The van der Waals surface area contributed by atoms with E-state index < -0.39 is 0 Å². The average molecular weight is 152 g/mol. The second kappa shape index (κ2) is 2.80. The average Bonchev–Trinajstić information content (AvgIpc) is 2.53. The second-order valence-electron chi connectivity index (χ2n) is 4.62. The first-order valence-corrected chi connectivity index (χ1v) is 5.33. The van der Waals surface area contributed by atoms with Gasteiger partial charge in [-0.15, -0.1) is 0 Å². The maximum atomic E-state index is 2.49. The van der Waals surface area contributed by atoms with Gasteiger partial charge in [0.2, 0.25) is 0 Å². The van der Waals surface area contributed by atoms with Crippen LogP contribution in [-0.2, 0) is 0 Å². The third kappa shape index (κ3) is 1.11. The summed E-state index contributed by atoms with van der Waals surface area (Å²) in [7, 11) is 0. The summed E-state index contributed by atoms with van der Waals surface area (Å²) in [5, 5.41) is 0. The van der Waals surface area contributed by atoms with Crippen molar-refractivity contribution in [3.05, 3.63) is 0 Å². The molecule has 0 spiro atoms. The van der Waals surface area contributed by atoms with Gasteiger partial charge in [0.1, 0.15) is 0 Å². The molecule has 0 amide bonds. The molecule has 2 rings (SSSR count). The highest BCUT2D eigenvalue weighted by atomic mass is 14.5. The summed E-state index contributed by atoms with van der Waals surface area (Å²) >= 11 is 0. The Labute approximate surface area is 70.4 Å². The summed E-state index contributed by atoms with van der Waals surface area (Å²) in [4.78, 5) is 0. The Morgan fingerprint density at radius 2 is 2.09 bits per heavy atom. The fourth-order valence-corrected chi connectivity index (χ4v) is 3.54. The van der Waals surface area contributed by atoms with Gasteiger partial charge in [0.15, 0.2) is 0 Å². The number of rotatable bonds is 1. The van der Waals surface area contributed by atoms with Crippen molar-refractivity contribution in [1.29, 1.82) is 0 Å². The van der Waals surface area contributed by atoms with Crippen molar-refractivity contribution in [2.45, 2.75) is 46.0 Å². The van der Waals surface area contributed by atoms with Crippen molar-refractivity contribution >= 4 is 0 Å². The molecule has 0 aromatic heterocycles. The zero-order valence-electron chi connectivity index (χ0n) is 7.84. The molecular weight excluding hydrogens is 132 g/mol. The molecule has 2 saturated carbocycles. The van der Waals surface area contributed by atoms with E-state index in [1.807, 2.05) is 0 Å². The first kappa shape index (κ1) is 7.64. The summed E-state index contributed by atoms with van der Waals surface area (Å²) < 4.78 is 0. The third-order valence-electron chi connectivity index (χ3n) is 4.27. The van der Waals surface area contributed by atoms with Gasteiger partial charge in [-0.1, -0.05) is 33.1 Å². The molecule has 64 valence electrons. The van der Waals surface area contributed by atoms with Gasteiger partial charge < -0.3 is 0 Å². The number of hydrogen-bond donors (Lipinski definition) is 0. The van der Waals surface area contributed by atoms with E-state index in [1.165, 1.54) is 12.8 Å². The van der Waals surface area contributed by atoms with Gasteiger partial charge in [0.25, 0.3) is 0 Å². The van der Waals surface area contributed by atoms with Crippen LogP contribution in [0.3, 0.4) is 0 Å². The van der Waals surface area contributed by atoms with E-state index in [1.54, 1.807) is 19.3 Å². The molecular formula is C11H20. The van der Waals surface area contributed by atoms with Gasteiger partial charge in [-0.25, -0.2) is 0 Å². The van der Waals surface area contributed by atoms with E-state index in [2.05, 4.69) is 13.8 Å². The molecule has 2 aliphatic carbocycles. The van der Waals surface area contributed by atoms with Crippen molar-refractivity contribution < 1.29 is 0 Å². The van der Waals surface area contributed by atoms with Crippen molar-refractivity contribution in [2.24, 2.45) is 23.7 Å². The van der Waals surface area contributed by atoms with E-state index in [0.717, 1.165) is 23.7 Å². The Hall–Kier alpha value is 0. The van der Waals surface area contributed by atoms with Gasteiger partial charge in [-0.2, -0.15) is 0 Å². The lowest BCUT2D eigenvalue weighted by Crippen LogP contribution is -2.09. The zero-order chi connectivity index (χ0) is 7.84. The quantitative estimate of drug-likeness (QED) is 0.539. The highest BCUT2D eigenvalue weighted by Gasteiger charge is 2.41. The van der Waals surface area contributed by atoms with Crippen LogP contribution in [0, 0.1) is 23.7 Å². The SMILES string of the molecule is CCC1CC2CCCC2C1C. The molecule has 0 N–H and O–H groups in total. The predicted molar refractivity (Wildman–Crippen MR) is 48.4 cm³/mol. The molecule has 11 heavy (non-hydrogen) atoms. The molecule has 0 aliphatic heterocycles. The number of hydrogen-bond acceptors (Lipinski definition) is 0. The summed E-state index contributed by atoms with van der Waals surface area (Å²) in [6, 6.07) is 0. The molecule has 2 fully saturated rings. The Balaban J connectivity index is 2.04.